The summed E-state index contributed by atoms with van der Waals surface area (Å²) in [5, 5.41) is 4.67. The van der Waals surface area contributed by atoms with Gasteiger partial charge in [-0.1, -0.05) is 0 Å². The smallest absolute Gasteiger partial charge is 0.254 e. The lowest BCUT2D eigenvalue weighted by atomic mass is 9.82. The molecule has 4 rings (SSSR count). The fourth-order valence-corrected chi connectivity index (χ4v) is 4.30. The number of likely N-dealkylation sites (tertiary alicyclic amines) is 1. The number of ether oxygens (including phenoxy) is 2. The third kappa shape index (κ3) is 3.22. The number of carbonyl (C=O) groups is 2. The number of anilines is 1. The summed E-state index contributed by atoms with van der Waals surface area (Å²) in [4.78, 5) is 29.2. The average molecular weight is 398 g/mol. The molecule has 2 amide bonds. The van der Waals surface area contributed by atoms with E-state index >= 15 is 0 Å². The van der Waals surface area contributed by atoms with E-state index in [1.165, 1.54) is 0 Å². The van der Waals surface area contributed by atoms with Gasteiger partial charge in [0.1, 0.15) is 17.3 Å². The number of rotatable bonds is 3. The molecule has 3 heterocycles. The Morgan fingerprint density at radius 3 is 2.28 bits per heavy atom. The Kier molecular flexibility index (Phi) is 4.72. The number of hydrogen-bond donors (Lipinski definition) is 0. The van der Waals surface area contributed by atoms with Gasteiger partial charge in [0.05, 0.1) is 31.9 Å². The number of aromatic nitrogens is 2. The summed E-state index contributed by atoms with van der Waals surface area (Å²) in [5.41, 5.74) is 1.06. The molecule has 0 saturated carbocycles. The maximum Gasteiger partial charge on any atom is 0.254 e. The number of carbonyl (C=O) groups excluding carboxylic acids is 2. The van der Waals surface area contributed by atoms with Crippen LogP contribution in [0.25, 0.3) is 0 Å². The number of amides is 2. The van der Waals surface area contributed by atoms with Gasteiger partial charge in [0.15, 0.2) is 0 Å². The predicted molar refractivity (Wildman–Crippen MR) is 108 cm³/mol. The quantitative estimate of drug-likeness (QED) is 0.792. The minimum Gasteiger partial charge on any atom is -0.497 e. The molecule has 2 aliphatic rings. The van der Waals surface area contributed by atoms with Gasteiger partial charge in [0, 0.05) is 37.8 Å². The molecule has 2 aromatic rings. The van der Waals surface area contributed by atoms with Crippen molar-refractivity contribution in [3.05, 3.63) is 35.5 Å². The fraction of sp³-hybridized carbons (Fsp3) is 0.476. The average Bonchev–Trinajstić information content (AvgIpc) is 3.14. The van der Waals surface area contributed by atoms with Gasteiger partial charge in [0.2, 0.25) is 5.91 Å². The molecule has 154 valence electrons. The molecule has 0 N–H and O–H groups in total. The first-order chi connectivity index (χ1) is 13.9. The molecule has 29 heavy (non-hydrogen) atoms. The molecule has 1 spiro atoms. The third-order valence-electron chi connectivity index (χ3n) is 6.04. The summed E-state index contributed by atoms with van der Waals surface area (Å²) in [5.74, 6) is 2.02. The van der Waals surface area contributed by atoms with Gasteiger partial charge in [-0.05, 0) is 31.9 Å². The molecule has 1 aromatic carbocycles. The van der Waals surface area contributed by atoms with E-state index in [0.717, 1.165) is 11.5 Å². The van der Waals surface area contributed by atoms with Crippen LogP contribution in [0.4, 0.5) is 5.82 Å². The van der Waals surface area contributed by atoms with E-state index in [9.17, 15) is 9.59 Å². The Hall–Kier alpha value is -3.03. The Morgan fingerprint density at radius 2 is 1.69 bits per heavy atom. The van der Waals surface area contributed by atoms with Crippen LogP contribution in [0.2, 0.25) is 0 Å². The number of benzene rings is 1. The van der Waals surface area contributed by atoms with Crippen molar-refractivity contribution >= 4 is 17.6 Å². The minimum absolute atomic E-state index is 0.0619. The fourth-order valence-electron chi connectivity index (χ4n) is 4.30. The lowest BCUT2D eigenvalue weighted by Gasteiger charge is -2.46. The molecular formula is C21H26N4O4. The van der Waals surface area contributed by atoms with Crippen molar-refractivity contribution < 1.29 is 19.1 Å². The first-order valence-corrected chi connectivity index (χ1v) is 9.73. The number of methoxy groups -OCH3 is 2. The van der Waals surface area contributed by atoms with E-state index in [2.05, 4.69) is 5.10 Å². The maximum absolute atomic E-state index is 13.1. The molecule has 0 unspecified atom stereocenters. The van der Waals surface area contributed by atoms with Crippen LogP contribution in [0, 0.1) is 6.92 Å². The topological polar surface area (TPSA) is 76.9 Å². The summed E-state index contributed by atoms with van der Waals surface area (Å²) in [6, 6.07) is 7.14. The van der Waals surface area contributed by atoms with E-state index in [4.69, 9.17) is 9.47 Å². The second-order valence-corrected chi connectivity index (χ2v) is 7.80. The Balaban J connectivity index is 1.56. The molecule has 1 saturated heterocycles. The Bertz CT molecular complexity index is 937. The molecular weight excluding hydrogens is 372 g/mol. The monoisotopic (exact) mass is 398 g/mol. The molecule has 0 bridgehead atoms. The van der Waals surface area contributed by atoms with Crippen molar-refractivity contribution in [3.8, 4) is 11.5 Å². The standard InChI is InChI=1S/C21H26N4O4/c1-14-9-18-23(2)19(26)13-21(25(18)22-14)5-7-24(8-6-21)20(27)15-10-16(28-3)12-17(11-15)29-4/h9-12H,5-8,13H2,1-4H3. The summed E-state index contributed by atoms with van der Waals surface area (Å²) in [6.45, 7) is 3.06. The van der Waals surface area contributed by atoms with Crippen molar-refractivity contribution in [1.82, 2.24) is 14.7 Å². The lowest BCUT2D eigenvalue weighted by molar-refractivity contribution is -0.122. The molecule has 1 aromatic heterocycles. The van der Waals surface area contributed by atoms with Crippen LogP contribution in [0.15, 0.2) is 24.3 Å². The van der Waals surface area contributed by atoms with Crippen LogP contribution in [-0.2, 0) is 10.3 Å². The van der Waals surface area contributed by atoms with E-state index in [-0.39, 0.29) is 17.4 Å². The first kappa shape index (κ1) is 19.3. The molecule has 0 atom stereocenters. The van der Waals surface area contributed by atoms with Crippen molar-refractivity contribution in [2.24, 2.45) is 0 Å². The minimum atomic E-state index is -0.365. The zero-order valence-electron chi connectivity index (χ0n) is 17.3. The van der Waals surface area contributed by atoms with Crippen LogP contribution < -0.4 is 14.4 Å². The second-order valence-electron chi connectivity index (χ2n) is 7.80. The lowest BCUT2D eigenvalue weighted by Crippen LogP contribution is -2.54. The summed E-state index contributed by atoms with van der Waals surface area (Å²) in [7, 11) is 4.92. The Labute approximate surface area is 170 Å². The van der Waals surface area contributed by atoms with Gasteiger partial charge in [-0.25, -0.2) is 4.68 Å². The van der Waals surface area contributed by atoms with Crippen molar-refractivity contribution in [1.29, 1.82) is 0 Å². The first-order valence-electron chi connectivity index (χ1n) is 9.73. The van der Waals surface area contributed by atoms with Crippen LogP contribution in [0.1, 0.15) is 35.3 Å². The summed E-state index contributed by atoms with van der Waals surface area (Å²) in [6.07, 6.45) is 1.79. The number of fused-ring (bicyclic) bond motifs is 2. The van der Waals surface area contributed by atoms with Crippen molar-refractivity contribution in [2.45, 2.75) is 31.7 Å². The van der Waals surface area contributed by atoms with E-state index in [1.807, 2.05) is 22.6 Å². The molecule has 8 heteroatoms. The summed E-state index contributed by atoms with van der Waals surface area (Å²) < 4.78 is 12.6. The maximum atomic E-state index is 13.1. The van der Waals surface area contributed by atoms with Gasteiger partial charge in [0.25, 0.3) is 5.91 Å². The van der Waals surface area contributed by atoms with Crippen LogP contribution >= 0.6 is 0 Å². The molecule has 1 fully saturated rings. The highest BCUT2D eigenvalue weighted by Gasteiger charge is 2.45. The van der Waals surface area contributed by atoms with E-state index in [1.54, 1.807) is 44.4 Å². The number of aryl methyl sites for hydroxylation is 1. The van der Waals surface area contributed by atoms with Crippen LogP contribution in [0.3, 0.4) is 0 Å². The van der Waals surface area contributed by atoms with Gasteiger partial charge in [-0.3, -0.25) is 9.59 Å². The second kappa shape index (κ2) is 7.09. The predicted octanol–water partition coefficient (Wildman–Crippen LogP) is 2.21. The number of nitrogens with zero attached hydrogens (tertiary/aromatic N) is 4. The Morgan fingerprint density at radius 1 is 1.07 bits per heavy atom. The summed E-state index contributed by atoms with van der Waals surface area (Å²) >= 11 is 0. The number of hydrogen-bond acceptors (Lipinski definition) is 5. The normalized spacial score (nSPS) is 18.0. The zero-order valence-corrected chi connectivity index (χ0v) is 17.3. The van der Waals surface area contributed by atoms with Gasteiger partial charge < -0.3 is 19.3 Å². The highest BCUT2D eigenvalue weighted by Crippen LogP contribution is 2.41. The van der Waals surface area contributed by atoms with Gasteiger partial charge in [-0.15, -0.1) is 0 Å². The molecule has 0 aliphatic carbocycles. The van der Waals surface area contributed by atoms with E-state index < -0.39 is 0 Å². The van der Waals surface area contributed by atoms with Crippen molar-refractivity contribution in [2.75, 3.05) is 39.3 Å². The molecule has 0 radical (unpaired) electrons. The third-order valence-corrected chi connectivity index (χ3v) is 6.04. The molecule has 8 nitrogen and oxygen atoms in total. The largest absolute Gasteiger partial charge is 0.497 e. The number of piperidine rings is 1. The highest BCUT2D eigenvalue weighted by atomic mass is 16.5. The van der Waals surface area contributed by atoms with Gasteiger partial charge in [-0.2, -0.15) is 5.10 Å². The zero-order chi connectivity index (χ0) is 20.8. The SMILES string of the molecule is COc1cc(OC)cc(C(=O)N2CCC3(CC2)CC(=O)N(C)c2cc(C)nn23)c1. The van der Waals surface area contributed by atoms with Crippen molar-refractivity contribution in [3.63, 3.8) is 0 Å². The van der Waals surface area contributed by atoms with Gasteiger partial charge >= 0.3 is 0 Å². The van der Waals surface area contributed by atoms with Crippen LogP contribution in [-0.4, -0.2) is 60.9 Å². The van der Waals surface area contributed by atoms with E-state index in [0.29, 0.717) is 49.4 Å². The highest BCUT2D eigenvalue weighted by molar-refractivity contribution is 5.96. The molecule has 2 aliphatic heterocycles. The van der Waals surface area contributed by atoms with Crippen LogP contribution in [0.5, 0.6) is 11.5 Å².